The molecule has 2 aromatic heterocycles. The smallest absolute Gasteiger partial charge is 0.279 e. The molecule has 0 saturated heterocycles. The Morgan fingerprint density at radius 1 is 1.21 bits per heavy atom. The summed E-state index contributed by atoms with van der Waals surface area (Å²) in [5.74, 6) is 0.810. The zero-order valence-corrected chi connectivity index (χ0v) is 17.4. The van der Waals surface area contributed by atoms with Crippen LogP contribution < -0.4 is 9.64 Å². The van der Waals surface area contributed by atoms with Gasteiger partial charge in [0.15, 0.2) is 5.69 Å². The molecule has 1 aliphatic carbocycles. The summed E-state index contributed by atoms with van der Waals surface area (Å²) in [4.78, 5) is 19.6. The van der Waals surface area contributed by atoms with Gasteiger partial charge in [-0.15, -0.1) is 0 Å². The van der Waals surface area contributed by atoms with Crippen molar-refractivity contribution in [3.05, 3.63) is 54.4 Å². The van der Waals surface area contributed by atoms with Gasteiger partial charge < -0.3 is 9.64 Å². The monoisotopic (exact) mass is 413 g/mol. The van der Waals surface area contributed by atoms with Crippen molar-refractivity contribution >= 4 is 26.9 Å². The fraction of sp³-hybridized carbons (Fsp3) is 0.333. The van der Waals surface area contributed by atoms with E-state index in [2.05, 4.69) is 4.98 Å². The fourth-order valence-electron chi connectivity index (χ4n) is 3.61. The first-order valence-corrected chi connectivity index (χ1v) is 11.3. The number of fused-ring (bicyclic) bond motifs is 1. The lowest BCUT2D eigenvalue weighted by Gasteiger charge is -2.29. The van der Waals surface area contributed by atoms with Crippen LogP contribution in [0.5, 0.6) is 5.75 Å². The van der Waals surface area contributed by atoms with Gasteiger partial charge in [-0.05, 0) is 62.1 Å². The first-order chi connectivity index (χ1) is 13.8. The second-order valence-electron chi connectivity index (χ2n) is 7.42. The molecule has 1 aromatic carbocycles. The summed E-state index contributed by atoms with van der Waals surface area (Å²) in [6.07, 6.45) is 4.84. The number of hydrogen-bond donors (Lipinski definition) is 0. The number of rotatable bonds is 6. The number of methoxy groups -OCH3 is 1. The van der Waals surface area contributed by atoms with E-state index in [1.54, 1.807) is 36.4 Å². The minimum Gasteiger partial charge on any atom is -0.497 e. The average molecular weight is 413 g/mol. The van der Waals surface area contributed by atoms with Gasteiger partial charge in [0.05, 0.1) is 12.6 Å². The highest BCUT2D eigenvalue weighted by Gasteiger charge is 2.37. The molecule has 8 heteroatoms. The Labute approximate surface area is 169 Å². The Balaban J connectivity index is 1.84. The molecule has 1 atom stereocenters. The fourth-order valence-corrected chi connectivity index (χ4v) is 4.39. The van der Waals surface area contributed by atoms with Crippen molar-refractivity contribution < 1.29 is 17.9 Å². The summed E-state index contributed by atoms with van der Waals surface area (Å²) in [6.45, 7) is 2.02. The molecule has 1 unspecified atom stereocenters. The molecule has 0 N–H and O–H groups in total. The molecule has 152 valence electrons. The van der Waals surface area contributed by atoms with Crippen molar-refractivity contribution in [1.82, 2.24) is 9.38 Å². The maximum absolute atomic E-state index is 13.7. The molecule has 4 rings (SSSR count). The predicted molar refractivity (Wildman–Crippen MR) is 110 cm³/mol. The SMILES string of the molecule is COc1ccc(N(C(=O)c2nc(S(C)(=O)=O)n3ccccc23)C(C)C2CC2)cc1. The maximum atomic E-state index is 13.7. The van der Waals surface area contributed by atoms with E-state index >= 15 is 0 Å². The van der Waals surface area contributed by atoms with Gasteiger partial charge in [0.2, 0.25) is 15.0 Å². The van der Waals surface area contributed by atoms with Gasteiger partial charge in [-0.2, -0.15) is 0 Å². The maximum Gasteiger partial charge on any atom is 0.279 e. The van der Waals surface area contributed by atoms with Crippen molar-refractivity contribution in [1.29, 1.82) is 0 Å². The molecule has 1 amide bonds. The third-order valence-electron chi connectivity index (χ3n) is 5.33. The Morgan fingerprint density at radius 2 is 1.90 bits per heavy atom. The largest absolute Gasteiger partial charge is 0.497 e. The lowest BCUT2D eigenvalue weighted by atomic mass is 10.1. The summed E-state index contributed by atoms with van der Waals surface area (Å²) in [7, 11) is -2.01. The number of amides is 1. The van der Waals surface area contributed by atoms with Crippen LogP contribution in [0, 0.1) is 5.92 Å². The molecule has 0 aliphatic heterocycles. The van der Waals surface area contributed by atoms with Gasteiger partial charge in [0, 0.05) is 24.2 Å². The van der Waals surface area contributed by atoms with Crippen molar-refractivity contribution in [2.75, 3.05) is 18.3 Å². The third-order valence-corrected chi connectivity index (χ3v) is 6.28. The molecular weight excluding hydrogens is 390 g/mol. The first-order valence-electron chi connectivity index (χ1n) is 9.46. The minimum atomic E-state index is -3.60. The number of sulfone groups is 1. The molecule has 1 aliphatic rings. The Morgan fingerprint density at radius 3 is 2.48 bits per heavy atom. The van der Waals surface area contributed by atoms with Crippen LogP contribution in [0.4, 0.5) is 5.69 Å². The number of hydrogen-bond acceptors (Lipinski definition) is 5. The van der Waals surface area contributed by atoms with E-state index in [4.69, 9.17) is 4.74 Å². The lowest BCUT2D eigenvalue weighted by Crippen LogP contribution is -2.40. The molecular formula is C21H23N3O4S. The van der Waals surface area contributed by atoms with E-state index in [1.807, 2.05) is 31.2 Å². The number of carbonyl (C=O) groups is 1. The van der Waals surface area contributed by atoms with Crippen LogP contribution >= 0.6 is 0 Å². The average Bonchev–Trinajstić information content (AvgIpc) is 3.47. The van der Waals surface area contributed by atoms with Crippen LogP contribution in [0.1, 0.15) is 30.3 Å². The van der Waals surface area contributed by atoms with E-state index in [9.17, 15) is 13.2 Å². The van der Waals surface area contributed by atoms with Crippen LogP contribution in [0.2, 0.25) is 0 Å². The lowest BCUT2D eigenvalue weighted by molar-refractivity contribution is 0.0972. The van der Waals surface area contributed by atoms with Crippen LogP contribution in [0.25, 0.3) is 5.52 Å². The molecule has 7 nitrogen and oxygen atoms in total. The second-order valence-corrected chi connectivity index (χ2v) is 9.33. The van der Waals surface area contributed by atoms with Crippen LogP contribution in [0.3, 0.4) is 0 Å². The second kappa shape index (κ2) is 7.18. The van der Waals surface area contributed by atoms with Crippen LogP contribution in [-0.4, -0.2) is 43.1 Å². The summed E-state index contributed by atoms with van der Waals surface area (Å²) >= 11 is 0. The van der Waals surface area contributed by atoms with Crippen LogP contribution in [0.15, 0.2) is 53.8 Å². The normalized spacial score (nSPS) is 15.3. The molecule has 3 aromatic rings. The quantitative estimate of drug-likeness (QED) is 0.620. The van der Waals surface area contributed by atoms with Gasteiger partial charge in [-0.1, -0.05) is 6.07 Å². The van der Waals surface area contributed by atoms with E-state index in [1.165, 1.54) is 4.40 Å². The summed E-state index contributed by atoms with van der Waals surface area (Å²) < 4.78 is 31.1. The number of benzene rings is 1. The summed E-state index contributed by atoms with van der Waals surface area (Å²) in [5, 5.41) is -0.134. The molecule has 1 saturated carbocycles. The number of imidazole rings is 1. The van der Waals surface area contributed by atoms with E-state index in [0.717, 1.165) is 24.8 Å². The number of carbonyl (C=O) groups excluding carboxylic acids is 1. The van der Waals surface area contributed by atoms with Gasteiger partial charge in [-0.3, -0.25) is 9.20 Å². The highest BCUT2D eigenvalue weighted by Crippen LogP contribution is 2.38. The molecule has 2 heterocycles. The minimum absolute atomic E-state index is 0.0296. The Kier molecular flexibility index (Phi) is 4.82. The number of aromatic nitrogens is 2. The zero-order chi connectivity index (χ0) is 20.8. The zero-order valence-electron chi connectivity index (χ0n) is 16.6. The van der Waals surface area contributed by atoms with Crippen LogP contribution in [-0.2, 0) is 9.84 Å². The van der Waals surface area contributed by atoms with E-state index in [0.29, 0.717) is 17.2 Å². The third kappa shape index (κ3) is 3.60. The molecule has 0 spiro atoms. The van der Waals surface area contributed by atoms with Gasteiger partial charge in [0.1, 0.15) is 5.75 Å². The number of ether oxygens (including phenoxy) is 1. The number of anilines is 1. The van der Waals surface area contributed by atoms with E-state index < -0.39 is 9.84 Å². The highest BCUT2D eigenvalue weighted by atomic mass is 32.2. The number of nitrogens with zero attached hydrogens (tertiary/aromatic N) is 3. The van der Waals surface area contributed by atoms with Crippen molar-refractivity contribution in [2.45, 2.75) is 31.0 Å². The van der Waals surface area contributed by atoms with Gasteiger partial charge >= 0.3 is 0 Å². The molecule has 0 radical (unpaired) electrons. The number of pyridine rings is 1. The topological polar surface area (TPSA) is 81.0 Å². The van der Waals surface area contributed by atoms with Gasteiger partial charge in [-0.25, -0.2) is 13.4 Å². The molecule has 1 fully saturated rings. The standard InChI is InChI=1S/C21H23N3O4S/c1-14(15-7-8-15)24(16-9-11-17(28-2)12-10-16)20(25)19-18-6-4-5-13-23(18)21(22-19)29(3,26)27/h4-6,9-15H,7-8H2,1-3H3. The summed E-state index contributed by atoms with van der Waals surface area (Å²) in [5.41, 5.74) is 1.34. The highest BCUT2D eigenvalue weighted by molar-refractivity contribution is 7.90. The van der Waals surface area contributed by atoms with Crippen molar-refractivity contribution in [3.63, 3.8) is 0 Å². The summed E-state index contributed by atoms with van der Waals surface area (Å²) in [6, 6.07) is 12.5. The molecule has 29 heavy (non-hydrogen) atoms. The van der Waals surface area contributed by atoms with E-state index in [-0.39, 0.29) is 22.8 Å². The molecule has 0 bridgehead atoms. The first kappa shape index (κ1) is 19.4. The predicted octanol–water partition coefficient (Wildman–Crippen LogP) is 3.19. The van der Waals surface area contributed by atoms with Gasteiger partial charge in [0.25, 0.3) is 5.91 Å². The Bertz CT molecular complexity index is 1160. The van der Waals surface area contributed by atoms with Crippen molar-refractivity contribution in [3.8, 4) is 5.75 Å². The Hall–Kier alpha value is -2.87. The van der Waals surface area contributed by atoms with Crippen molar-refractivity contribution in [2.24, 2.45) is 5.92 Å².